The maximum Gasteiger partial charge on any atom is 0.254 e. The highest BCUT2D eigenvalue weighted by Gasteiger charge is 2.26. The predicted molar refractivity (Wildman–Crippen MR) is 67.6 cm³/mol. The molecule has 0 radical (unpaired) electrons. The minimum Gasteiger partial charge on any atom is -0.337 e. The van der Waals surface area contributed by atoms with Gasteiger partial charge in [-0.15, -0.1) is 0 Å². The molecule has 0 unspecified atom stereocenters. The van der Waals surface area contributed by atoms with Crippen molar-refractivity contribution in [1.82, 2.24) is 4.90 Å². The molecule has 1 aromatic carbocycles. The molecule has 0 fully saturated rings. The SMILES string of the molecule is CCC(C)(C)N(C)C(=O)c1ccc(F)c(C)c1. The van der Waals surface area contributed by atoms with Crippen molar-refractivity contribution in [1.29, 1.82) is 0 Å². The largest absolute Gasteiger partial charge is 0.337 e. The zero-order valence-electron chi connectivity index (χ0n) is 11.2. The number of amides is 1. The van der Waals surface area contributed by atoms with Gasteiger partial charge in [-0.25, -0.2) is 4.39 Å². The minimum atomic E-state index is -0.279. The summed E-state index contributed by atoms with van der Waals surface area (Å²) in [7, 11) is 1.78. The van der Waals surface area contributed by atoms with Crippen LogP contribution in [0.2, 0.25) is 0 Å². The first-order chi connectivity index (χ1) is 7.79. The van der Waals surface area contributed by atoms with Crippen molar-refractivity contribution in [2.24, 2.45) is 0 Å². The first-order valence-electron chi connectivity index (χ1n) is 5.84. The Balaban J connectivity index is 3.01. The van der Waals surface area contributed by atoms with Crippen LogP contribution in [0.4, 0.5) is 4.39 Å². The fourth-order valence-electron chi connectivity index (χ4n) is 1.48. The summed E-state index contributed by atoms with van der Waals surface area (Å²) >= 11 is 0. The lowest BCUT2D eigenvalue weighted by Gasteiger charge is -2.35. The van der Waals surface area contributed by atoms with E-state index in [2.05, 4.69) is 0 Å². The number of nitrogens with zero attached hydrogens (tertiary/aromatic N) is 1. The van der Waals surface area contributed by atoms with Crippen LogP contribution in [0.3, 0.4) is 0 Å². The van der Waals surface area contributed by atoms with E-state index >= 15 is 0 Å². The number of rotatable bonds is 3. The Hall–Kier alpha value is -1.38. The molecule has 0 saturated carbocycles. The first kappa shape index (κ1) is 13.7. The van der Waals surface area contributed by atoms with E-state index in [-0.39, 0.29) is 17.3 Å². The summed E-state index contributed by atoms with van der Waals surface area (Å²) in [4.78, 5) is 13.9. The summed E-state index contributed by atoms with van der Waals surface area (Å²) in [6.07, 6.45) is 0.870. The Morgan fingerprint density at radius 2 is 2.00 bits per heavy atom. The minimum absolute atomic E-state index is 0.0695. The number of aryl methyl sites for hydroxylation is 1. The van der Waals surface area contributed by atoms with Gasteiger partial charge in [-0.3, -0.25) is 4.79 Å². The standard InChI is InChI=1S/C14H20FNO/c1-6-14(3,4)16(5)13(17)11-7-8-12(15)10(2)9-11/h7-9H,6H2,1-5H3. The van der Waals surface area contributed by atoms with Crippen molar-refractivity contribution in [3.05, 3.63) is 35.1 Å². The van der Waals surface area contributed by atoms with Gasteiger partial charge in [0.15, 0.2) is 0 Å². The second kappa shape index (κ2) is 4.86. The molecule has 0 aliphatic heterocycles. The summed E-state index contributed by atoms with van der Waals surface area (Å²) in [5.41, 5.74) is 0.839. The number of hydrogen-bond acceptors (Lipinski definition) is 1. The second-order valence-corrected chi connectivity index (χ2v) is 4.99. The van der Waals surface area contributed by atoms with Crippen molar-refractivity contribution in [3.8, 4) is 0 Å². The lowest BCUT2D eigenvalue weighted by molar-refractivity contribution is 0.0620. The fourth-order valence-corrected chi connectivity index (χ4v) is 1.48. The zero-order chi connectivity index (χ0) is 13.2. The third kappa shape index (κ3) is 2.84. The molecule has 0 aliphatic rings. The lowest BCUT2D eigenvalue weighted by atomic mass is 9.98. The molecule has 0 N–H and O–H groups in total. The molecule has 0 aliphatic carbocycles. The van der Waals surface area contributed by atoms with Crippen molar-refractivity contribution in [2.45, 2.75) is 39.7 Å². The molecule has 0 heterocycles. The van der Waals surface area contributed by atoms with E-state index in [1.165, 1.54) is 12.1 Å². The Morgan fingerprint density at radius 3 is 2.47 bits per heavy atom. The van der Waals surface area contributed by atoms with E-state index in [1.807, 2.05) is 20.8 Å². The van der Waals surface area contributed by atoms with Crippen LogP contribution >= 0.6 is 0 Å². The van der Waals surface area contributed by atoms with Crippen LogP contribution in [0.25, 0.3) is 0 Å². The highest BCUT2D eigenvalue weighted by Crippen LogP contribution is 2.20. The molecule has 94 valence electrons. The van der Waals surface area contributed by atoms with Crippen molar-refractivity contribution in [2.75, 3.05) is 7.05 Å². The molecule has 1 rings (SSSR count). The predicted octanol–water partition coefficient (Wildman–Crippen LogP) is 3.39. The van der Waals surface area contributed by atoms with Crippen LogP contribution in [0.5, 0.6) is 0 Å². The average molecular weight is 237 g/mol. The summed E-state index contributed by atoms with van der Waals surface area (Å²) < 4.78 is 13.1. The van der Waals surface area contributed by atoms with Gasteiger partial charge in [0.25, 0.3) is 5.91 Å². The molecule has 3 heteroatoms. The van der Waals surface area contributed by atoms with Crippen LogP contribution in [-0.2, 0) is 0 Å². The number of benzene rings is 1. The van der Waals surface area contributed by atoms with E-state index in [0.717, 1.165) is 6.42 Å². The molecule has 0 atom stereocenters. The van der Waals surface area contributed by atoms with Gasteiger partial charge in [-0.1, -0.05) is 6.92 Å². The van der Waals surface area contributed by atoms with Crippen LogP contribution in [-0.4, -0.2) is 23.4 Å². The van der Waals surface area contributed by atoms with E-state index in [1.54, 1.807) is 24.9 Å². The Labute approximate surface area is 102 Å². The van der Waals surface area contributed by atoms with Gasteiger partial charge in [0.05, 0.1) is 0 Å². The van der Waals surface area contributed by atoms with Crippen LogP contribution < -0.4 is 0 Å². The molecular formula is C14H20FNO. The normalized spacial score (nSPS) is 11.4. The average Bonchev–Trinajstić information content (AvgIpc) is 2.30. The zero-order valence-corrected chi connectivity index (χ0v) is 11.2. The van der Waals surface area contributed by atoms with Crippen LogP contribution in [0, 0.1) is 12.7 Å². The molecule has 17 heavy (non-hydrogen) atoms. The van der Waals surface area contributed by atoms with E-state index in [9.17, 15) is 9.18 Å². The third-order valence-electron chi connectivity index (χ3n) is 3.48. The van der Waals surface area contributed by atoms with E-state index < -0.39 is 0 Å². The monoisotopic (exact) mass is 237 g/mol. The lowest BCUT2D eigenvalue weighted by Crippen LogP contribution is -2.44. The summed E-state index contributed by atoms with van der Waals surface area (Å²) in [5.74, 6) is -0.348. The number of carbonyl (C=O) groups excluding carboxylic acids is 1. The first-order valence-corrected chi connectivity index (χ1v) is 5.84. The molecule has 0 bridgehead atoms. The van der Waals surface area contributed by atoms with E-state index in [4.69, 9.17) is 0 Å². The fraction of sp³-hybridized carbons (Fsp3) is 0.500. The van der Waals surface area contributed by atoms with Crippen LogP contribution in [0.15, 0.2) is 18.2 Å². The molecule has 1 aromatic rings. The molecule has 0 saturated heterocycles. The van der Waals surface area contributed by atoms with Crippen molar-refractivity contribution >= 4 is 5.91 Å². The third-order valence-corrected chi connectivity index (χ3v) is 3.48. The maximum absolute atomic E-state index is 13.1. The highest BCUT2D eigenvalue weighted by atomic mass is 19.1. The quantitative estimate of drug-likeness (QED) is 0.789. The van der Waals surface area contributed by atoms with Crippen molar-refractivity contribution < 1.29 is 9.18 Å². The Bertz CT molecular complexity index is 426. The van der Waals surface area contributed by atoms with Gasteiger partial charge in [-0.2, -0.15) is 0 Å². The smallest absolute Gasteiger partial charge is 0.254 e. The van der Waals surface area contributed by atoms with Gasteiger partial charge in [0, 0.05) is 18.2 Å². The van der Waals surface area contributed by atoms with Gasteiger partial charge in [0.2, 0.25) is 0 Å². The van der Waals surface area contributed by atoms with Gasteiger partial charge >= 0.3 is 0 Å². The topological polar surface area (TPSA) is 20.3 Å². The number of carbonyl (C=O) groups is 1. The Kier molecular flexibility index (Phi) is 3.91. The number of halogens is 1. The maximum atomic E-state index is 13.1. The summed E-state index contributed by atoms with van der Waals surface area (Å²) in [6, 6.07) is 4.47. The molecular weight excluding hydrogens is 217 g/mol. The van der Waals surface area contributed by atoms with Crippen molar-refractivity contribution in [3.63, 3.8) is 0 Å². The van der Waals surface area contributed by atoms with Crippen LogP contribution in [0.1, 0.15) is 43.1 Å². The Morgan fingerprint density at radius 1 is 1.41 bits per heavy atom. The number of hydrogen-bond donors (Lipinski definition) is 0. The highest BCUT2D eigenvalue weighted by molar-refractivity contribution is 5.94. The second-order valence-electron chi connectivity index (χ2n) is 4.99. The molecule has 0 aromatic heterocycles. The van der Waals surface area contributed by atoms with Gasteiger partial charge in [-0.05, 0) is 51.0 Å². The molecule has 2 nitrogen and oxygen atoms in total. The summed E-state index contributed by atoms with van der Waals surface area (Å²) in [5, 5.41) is 0. The summed E-state index contributed by atoms with van der Waals surface area (Å²) in [6.45, 7) is 7.74. The van der Waals surface area contributed by atoms with E-state index in [0.29, 0.717) is 11.1 Å². The van der Waals surface area contributed by atoms with Gasteiger partial charge < -0.3 is 4.90 Å². The molecule has 0 spiro atoms. The van der Waals surface area contributed by atoms with Gasteiger partial charge in [0.1, 0.15) is 5.82 Å². The molecule has 1 amide bonds.